The molecular formula is C23H22F2N4O3. The standard InChI is InChI=1S/C15H15F2N3O2.C8H7NO/c16-15(17)4-1-2-8(7-15)10-6-11(21)12-9(20-10)3-5-19-13(12)14(18)22;1-10-8-4-2-3-7(5-8)6-9/h3,5-6,8H,1-2,4,7H2,(H2,18,22)(H,20,21);2-5H,1H3. The van der Waals surface area contributed by atoms with Gasteiger partial charge in [0.1, 0.15) is 11.4 Å². The number of halogens is 2. The molecule has 166 valence electrons. The van der Waals surface area contributed by atoms with Gasteiger partial charge in [0, 0.05) is 36.7 Å². The minimum atomic E-state index is -2.70. The topological polar surface area (TPSA) is 122 Å². The Labute approximate surface area is 182 Å². The Hall–Kier alpha value is -3.80. The number of nitriles is 1. The largest absolute Gasteiger partial charge is 0.497 e. The van der Waals surface area contributed by atoms with Crippen LogP contribution in [0.1, 0.15) is 53.3 Å². The lowest BCUT2D eigenvalue weighted by molar-refractivity contribution is -0.0412. The van der Waals surface area contributed by atoms with E-state index in [4.69, 9.17) is 15.7 Å². The quantitative estimate of drug-likeness (QED) is 0.640. The second-order valence-corrected chi connectivity index (χ2v) is 7.53. The summed E-state index contributed by atoms with van der Waals surface area (Å²) >= 11 is 0. The Morgan fingerprint density at radius 2 is 2.12 bits per heavy atom. The van der Waals surface area contributed by atoms with Crippen LogP contribution in [0.15, 0.2) is 47.4 Å². The molecule has 1 fully saturated rings. The molecule has 32 heavy (non-hydrogen) atoms. The van der Waals surface area contributed by atoms with Crippen LogP contribution in [-0.4, -0.2) is 28.9 Å². The lowest BCUT2D eigenvalue weighted by atomic mass is 9.84. The Morgan fingerprint density at radius 3 is 2.78 bits per heavy atom. The maximum Gasteiger partial charge on any atom is 0.268 e. The van der Waals surface area contributed by atoms with E-state index < -0.39 is 23.2 Å². The van der Waals surface area contributed by atoms with Crippen LogP contribution < -0.4 is 15.9 Å². The van der Waals surface area contributed by atoms with Gasteiger partial charge in [0.05, 0.1) is 29.6 Å². The number of nitrogens with one attached hydrogen (secondary N) is 1. The minimum absolute atomic E-state index is 0.0984. The van der Waals surface area contributed by atoms with Gasteiger partial charge in [0.2, 0.25) is 5.92 Å². The molecule has 2 heterocycles. The van der Waals surface area contributed by atoms with Gasteiger partial charge in [-0.1, -0.05) is 6.07 Å². The highest BCUT2D eigenvalue weighted by Crippen LogP contribution is 2.41. The van der Waals surface area contributed by atoms with Crippen molar-refractivity contribution in [3.63, 3.8) is 0 Å². The van der Waals surface area contributed by atoms with Gasteiger partial charge in [-0.3, -0.25) is 14.6 Å². The summed E-state index contributed by atoms with van der Waals surface area (Å²) in [6.07, 6.45) is 1.99. The van der Waals surface area contributed by atoms with Crippen LogP contribution in [0.4, 0.5) is 8.78 Å². The van der Waals surface area contributed by atoms with Crippen molar-refractivity contribution in [2.45, 2.75) is 37.5 Å². The third-order valence-electron chi connectivity index (χ3n) is 5.28. The van der Waals surface area contributed by atoms with Crippen LogP contribution in [0.3, 0.4) is 0 Å². The first-order chi connectivity index (χ1) is 15.2. The number of methoxy groups -OCH3 is 1. The number of nitrogens with zero attached hydrogens (tertiary/aromatic N) is 2. The van der Waals surface area contributed by atoms with Crippen molar-refractivity contribution in [3.05, 3.63) is 69.8 Å². The maximum absolute atomic E-state index is 13.6. The number of amides is 1. The van der Waals surface area contributed by atoms with Crippen molar-refractivity contribution < 1.29 is 18.3 Å². The highest BCUT2D eigenvalue weighted by Gasteiger charge is 2.37. The molecule has 0 aliphatic heterocycles. The second-order valence-electron chi connectivity index (χ2n) is 7.53. The van der Waals surface area contributed by atoms with Crippen LogP contribution >= 0.6 is 0 Å². The third-order valence-corrected chi connectivity index (χ3v) is 5.28. The first kappa shape index (κ1) is 22.9. The van der Waals surface area contributed by atoms with Gasteiger partial charge in [-0.15, -0.1) is 0 Å². The molecule has 3 N–H and O–H groups in total. The third kappa shape index (κ3) is 5.27. The maximum atomic E-state index is 13.6. The highest BCUT2D eigenvalue weighted by atomic mass is 19.3. The van der Waals surface area contributed by atoms with Gasteiger partial charge in [0.25, 0.3) is 5.91 Å². The zero-order chi connectivity index (χ0) is 23.3. The van der Waals surface area contributed by atoms with Gasteiger partial charge < -0.3 is 15.5 Å². The molecule has 0 saturated heterocycles. The molecule has 2 aromatic heterocycles. The highest BCUT2D eigenvalue weighted by molar-refractivity contribution is 6.03. The van der Waals surface area contributed by atoms with E-state index in [9.17, 15) is 18.4 Å². The summed E-state index contributed by atoms with van der Waals surface area (Å²) in [5.41, 5.74) is 6.15. The number of carbonyl (C=O) groups is 1. The lowest BCUT2D eigenvalue weighted by Gasteiger charge is -2.29. The molecule has 1 amide bonds. The summed E-state index contributed by atoms with van der Waals surface area (Å²) in [7, 11) is 1.58. The number of benzene rings is 1. The van der Waals surface area contributed by atoms with E-state index in [2.05, 4.69) is 9.97 Å². The van der Waals surface area contributed by atoms with E-state index in [0.29, 0.717) is 29.6 Å². The number of alkyl halides is 2. The predicted molar refractivity (Wildman–Crippen MR) is 115 cm³/mol. The van der Waals surface area contributed by atoms with Crippen LogP contribution in [0, 0.1) is 11.3 Å². The molecule has 1 unspecified atom stereocenters. The van der Waals surface area contributed by atoms with Crippen LogP contribution in [-0.2, 0) is 0 Å². The van der Waals surface area contributed by atoms with Crippen molar-refractivity contribution in [3.8, 4) is 11.8 Å². The second kappa shape index (κ2) is 9.56. The van der Waals surface area contributed by atoms with Gasteiger partial charge in [0.15, 0.2) is 5.43 Å². The first-order valence-electron chi connectivity index (χ1n) is 9.98. The van der Waals surface area contributed by atoms with Crippen LogP contribution in [0.25, 0.3) is 10.9 Å². The summed E-state index contributed by atoms with van der Waals surface area (Å²) in [5.74, 6) is -3.18. The molecule has 0 spiro atoms. The molecule has 3 aromatic rings. The average Bonchev–Trinajstić information content (AvgIpc) is 2.78. The number of pyridine rings is 2. The van der Waals surface area contributed by atoms with Gasteiger partial charge in [-0.2, -0.15) is 5.26 Å². The SMILES string of the molecule is COc1cccc(C#N)c1.NC(=O)c1nccc2[nH]c(C3CCCC(F)(F)C3)cc(=O)c12. The van der Waals surface area contributed by atoms with Crippen molar-refractivity contribution >= 4 is 16.8 Å². The zero-order valence-electron chi connectivity index (χ0n) is 17.4. The number of hydrogen-bond donors (Lipinski definition) is 2. The van der Waals surface area contributed by atoms with Gasteiger partial charge in [-0.05, 0) is 37.1 Å². The Balaban J connectivity index is 0.000000243. The fraction of sp³-hybridized carbons (Fsp3) is 0.304. The van der Waals surface area contributed by atoms with E-state index in [0.717, 1.165) is 5.75 Å². The van der Waals surface area contributed by atoms with Crippen molar-refractivity contribution in [1.82, 2.24) is 9.97 Å². The number of aromatic nitrogens is 2. The number of H-pyrrole nitrogens is 1. The Morgan fingerprint density at radius 1 is 1.34 bits per heavy atom. The average molecular weight is 440 g/mol. The monoisotopic (exact) mass is 440 g/mol. The summed E-state index contributed by atoms with van der Waals surface area (Å²) in [6, 6.07) is 11.9. The van der Waals surface area contributed by atoms with Crippen LogP contribution in [0.2, 0.25) is 0 Å². The summed E-state index contributed by atoms with van der Waals surface area (Å²) in [5, 5.41) is 8.55. The fourth-order valence-electron chi connectivity index (χ4n) is 3.76. The van der Waals surface area contributed by atoms with Crippen molar-refractivity contribution in [1.29, 1.82) is 5.26 Å². The molecule has 7 nitrogen and oxygen atoms in total. The molecule has 9 heteroatoms. The number of ether oxygens (including phenoxy) is 1. The molecular weight excluding hydrogens is 418 g/mol. The smallest absolute Gasteiger partial charge is 0.268 e. The van der Waals surface area contributed by atoms with Gasteiger partial charge >= 0.3 is 0 Å². The molecule has 1 aromatic carbocycles. The van der Waals surface area contributed by atoms with E-state index in [1.54, 1.807) is 31.4 Å². The van der Waals surface area contributed by atoms with E-state index >= 15 is 0 Å². The Bertz CT molecular complexity index is 1230. The number of carbonyl (C=O) groups excluding carboxylic acids is 1. The van der Waals surface area contributed by atoms with Crippen molar-refractivity contribution in [2.24, 2.45) is 5.73 Å². The summed E-state index contributed by atoms with van der Waals surface area (Å²) in [6.45, 7) is 0. The number of primary amides is 1. The number of rotatable bonds is 3. The fourth-order valence-corrected chi connectivity index (χ4v) is 3.76. The summed E-state index contributed by atoms with van der Waals surface area (Å²) in [4.78, 5) is 30.4. The molecule has 0 radical (unpaired) electrons. The number of aromatic amines is 1. The Kier molecular flexibility index (Phi) is 6.83. The van der Waals surface area contributed by atoms with E-state index in [1.807, 2.05) is 6.07 Å². The molecule has 1 aliphatic rings. The van der Waals surface area contributed by atoms with Gasteiger partial charge in [-0.25, -0.2) is 8.78 Å². The van der Waals surface area contributed by atoms with E-state index in [1.165, 1.54) is 18.3 Å². The molecule has 0 bridgehead atoms. The molecule has 1 aliphatic carbocycles. The summed E-state index contributed by atoms with van der Waals surface area (Å²) < 4.78 is 32.0. The predicted octanol–water partition coefficient (Wildman–Crippen LogP) is 3.88. The normalized spacial score (nSPS) is 17.0. The lowest BCUT2D eigenvalue weighted by Crippen LogP contribution is -2.26. The molecule has 1 saturated carbocycles. The van der Waals surface area contributed by atoms with Crippen LogP contribution in [0.5, 0.6) is 5.75 Å². The zero-order valence-corrected chi connectivity index (χ0v) is 17.4. The molecule has 1 atom stereocenters. The van der Waals surface area contributed by atoms with Crippen molar-refractivity contribution in [2.75, 3.05) is 7.11 Å². The number of hydrogen-bond acceptors (Lipinski definition) is 5. The van der Waals surface area contributed by atoms with E-state index in [-0.39, 0.29) is 23.9 Å². The molecule has 4 rings (SSSR count). The first-order valence-corrected chi connectivity index (χ1v) is 9.98. The minimum Gasteiger partial charge on any atom is -0.497 e. The number of fused-ring (bicyclic) bond motifs is 1. The number of nitrogens with two attached hydrogens (primary N) is 1.